The van der Waals surface area contributed by atoms with Gasteiger partial charge in [-0.1, -0.05) is 42.4 Å². The van der Waals surface area contributed by atoms with Crippen LogP contribution in [0.5, 0.6) is 0 Å². The molecule has 1 aliphatic rings. The predicted octanol–water partition coefficient (Wildman–Crippen LogP) is 2.82. The minimum atomic E-state index is 0. The van der Waals surface area contributed by atoms with Gasteiger partial charge in [0.1, 0.15) is 0 Å². The summed E-state index contributed by atoms with van der Waals surface area (Å²) >= 11 is 8.12. The summed E-state index contributed by atoms with van der Waals surface area (Å²) in [6.07, 6.45) is 2.40. The Morgan fingerprint density at radius 1 is 1.00 bits per heavy atom. The molecule has 0 bridgehead atoms. The molecule has 136 valence electrons. The van der Waals surface area contributed by atoms with Crippen molar-refractivity contribution in [2.45, 2.75) is 29.6 Å². The minimum absolute atomic E-state index is 0. The number of rotatable bonds is 6. The maximum atomic E-state index is 6.28. The van der Waals surface area contributed by atoms with Crippen molar-refractivity contribution in [3.05, 3.63) is 47.5 Å². The second-order valence-electron chi connectivity index (χ2n) is 7.07. The van der Waals surface area contributed by atoms with Crippen LogP contribution in [-0.4, -0.2) is 38.2 Å². The molecule has 0 radical (unpaired) electrons. The zero-order valence-corrected chi connectivity index (χ0v) is 18.3. The van der Waals surface area contributed by atoms with E-state index in [2.05, 4.69) is 62.3 Å². The van der Waals surface area contributed by atoms with Gasteiger partial charge in [0.2, 0.25) is 0 Å². The van der Waals surface area contributed by atoms with Crippen LogP contribution in [0.2, 0.25) is 5.02 Å². The van der Waals surface area contributed by atoms with E-state index in [1.165, 1.54) is 40.7 Å². The molecule has 0 aliphatic carbocycles. The highest BCUT2D eigenvalue weighted by atomic mass is 79.9. The fourth-order valence-corrected chi connectivity index (χ4v) is 4.66. The molecule has 2 aromatic rings. The Bertz CT molecular complexity index is 721. The van der Waals surface area contributed by atoms with E-state index in [1.807, 2.05) is 17.8 Å². The van der Waals surface area contributed by atoms with Gasteiger partial charge < -0.3 is 26.4 Å². The quantitative estimate of drug-likeness (QED) is 0.634. The predicted molar refractivity (Wildman–Crippen MR) is 106 cm³/mol. The smallest absolute Gasteiger partial charge is 0.0799 e. The molecular formula is C20H26BrClN2S. The minimum Gasteiger partial charge on any atom is -1.00 e. The standard InChI is InChI=1S/C20H26ClN2S.BrH/c1-4-13-23(2,3)14-7-12-22-17-8-5-6-9-19(17)24-20-11-10-16(21)15-18(20)22;/h5-6,8-11,15H,4,7,12-14H2,1-3H3;1H/q+1;/p-1. The fourth-order valence-electron chi connectivity index (χ4n) is 3.42. The lowest BCUT2D eigenvalue weighted by Gasteiger charge is -2.35. The maximum Gasteiger partial charge on any atom is 0.0799 e. The maximum absolute atomic E-state index is 6.28. The Kier molecular flexibility index (Phi) is 7.27. The van der Waals surface area contributed by atoms with Crippen LogP contribution in [0.25, 0.3) is 0 Å². The molecule has 3 rings (SSSR count). The van der Waals surface area contributed by atoms with Crippen molar-refractivity contribution in [1.82, 2.24) is 0 Å². The van der Waals surface area contributed by atoms with E-state index in [9.17, 15) is 0 Å². The molecule has 0 aromatic heterocycles. The average Bonchev–Trinajstić information content (AvgIpc) is 2.54. The molecule has 1 aliphatic heterocycles. The highest BCUT2D eigenvalue weighted by molar-refractivity contribution is 7.99. The molecule has 0 saturated carbocycles. The number of fused-ring (bicyclic) bond motifs is 2. The number of quaternary nitrogens is 1. The topological polar surface area (TPSA) is 3.24 Å². The normalized spacial score (nSPS) is 13.0. The molecule has 0 fully saturated rings. The molecule has 0 atom stereocenters. The highest BCUT2D eigenvalue weighted by Crippen LogP contribution is 2.48. The number of para-hydroxylation sites is 1. The lowest BCUT2D eigenvalue weighted by molar-refractivity contribution is -0.890. The van der Waals surface area contributed by atoms with Crippen LogP contribution in [0.15, 0.2) is 52.3 Å². The van der Waals surface area contributed by atoms with Gasteiger partial charge in [0.25, 0.3) is 0 Å². The van der Waals surface area contributed by atoms with E-state index >= 15 is 0 Å². The Labute approximate surface area is 171 Å². The average molecular weight is 442 g/mol. The molecule has 5 heteroatoms. The van der Waals surface area contributed by atoms with Crippen LogP contribution >= 0.6 is 23.4 Å². The van der Waals surface area contributed by atoms with E-state index in [0.29, 0.717) is 0 Å². The summed E-state index contributed by atoms with van der Waals surface area (Å²) in [5.41, 5.74) is 2.55. The van der Waals surface area contributed by atoms with Crippen LogP contribution in [0.3, 0.4) is 0 Å². The highest BCUT2D eigenvalue weighted by Gasteiger charge is 2.24. The van der Waals surface area contributed by atoms with E-state index in [0.717, 1.165) is 22.5 Å². The first-order valence-electron chi connectivity index (χ1n) is 8.66. The third kappa shape index (κ3) is 4.94. The van der Waals surface area contributed by atoms with Crippen molar-refractivity contribution in [2.75, 3.05) is 38.6 Å². The van der Waals surface area contributed by atoms with Crippen molar-refractivity contribution >= 4 is 34.7 Å². The first-order valence-corrected chi connectivity index (χ1v) is 9.85. The summed E-state index contributed by atoms with van der Waals surface area (Å²) < 4.78 is 1.09. The van der Waals surface area contributed by atoms with Crippen LogP contribution in [0.4, 0.5) is 11.4 Å². The molecule has 1 heterocycles. The van der Waals surface area contributed by atoms with Crippen LogP contribution in [0, 0.1) is 0 Å². The second kappa shape index (κ2) is 8.81. The Balaban J connectivity index is 0.00000225. The van der Waals surface area contributed by atoms with E-state index in [1.54, 1.807) is 0 Å². The molecule has 0 amide bonds. The molecule has 2 aromatic carbocycles. The Morgan fingerprint density at radius 2 is 1.72 bits per heavy atom. The van der Waals surface area contributed by atoms with Gasteiger partial charge in [-0.2, -0.15) is 0 Å². The SMILES string of the molecule is CCC[N+](C)(C)CCCN1c2ccccc2Sc2ccc(Cl)cc21.[Br-]. The van der Waals surface area contributed by atoms with Gasteiger partial charge >= 0.3 is 0 Å². The monoisotopic (exact) mass is 440 g/mol. The van der Waals surface area contributed by atoms with Gasteiger partial charge in [0.05, 0.1) is 38.6 Å². The summed E-state index contributed by atoms with van der Waals surface area (Å²) in [4.78, 5) is 5.06. The number of benzene rings is 2. The summed E-state index contributed by atoms with van der Waals surface area (Å²) in [6, 6.07) is 14.9. The van der Waals surface area contributed by atoms with Gasteiger partial charge in [0, 0.05) is 27.8 Å². The largest absolute Gasteiger partial charge is 1.00 e. The van der Waals surface area contributed by atoms with Gasteiger partial charge in [0.15, 0.2) is 0 Å². The summed E-state index contributed by atoms with van der Waals surface area (Å²) in [5.74, 6) is 0. The van der Waals surface area contributed by atoms with Crippen LogP contribution in [-0.2, 0) is 0 Å². The van der Waals surface area contributed by atoms with Crippen LogP contribution in [0.1, 0.15) is 19.8 Å². The number of hydrogen-bond acceptors (Lipinski definition) is 2. The number of anilines is 2. The van der Waals surface area contributed by atoms with Gasteiger partial charge in [-0.15, -0.1) is 0 Å². The van der Waals surface area contributed by atoms with Crippen molar-refractivity contribution in [3.63, 3.8) is 0 Å². The van der Waals surface area contributed by atoms with Crippen molar-refractivity contribution in [2.24, 2.45) is 0 Å². The zero-order valence-electron chi connectivity index (χ0n) is 15.1. The van der Waals surface area contributed by atoms with Crippen molar-refractivity contribution in [3.8, 4) is 0 Å². The molecule has 0 unspecified atom stereocenters. The molecule has 25 heavy (non-hydrogen) atoms. The van der Waals surface area contributed by atoms with Crippen LogP contribution < -0.4 is 21.9 Å². The summed E-state index contributed by atoms with van der Waals surface area (Å²) in [7, 11) is 4.66. The van der Waals surface area contributed by atoms with Crippen molar-refractivity contribution in [1.29, 1.82) is 0 Å². The van der Waals surface area contributed by atoms with E-state index in [4.69, 9.17) is 11.6 Å². The number of hydrogen-bond donors (Lipinski definition) is 0. The number of halogens is 2. The van der Waals surface area contributed by atoms with Crippen molar-refractivity contribution < 1.29 is 21.5 Å². The van der Waals surface area contributed by atoms with Gasteiger partial charge in [-0.05, 0) is 36.8 Å². The first kappa shape index (κ1) is 20.6. The number of nitrogens with zero attached hydrogens (tertiary/aromatic N) is 2. The lowest BCUT2D eigenvalue weighted by atomic mass is 10.2. The molecule has 0 spiro atoms. The molecular weight excluding hydrogens is 416 g/mol. The first-order chi connectivity index (χ1) is 11.5. The zero-order chi connectivity index (χ0) is 17.2. The second-order valence-corrected chi connectivity index (χ2v) is 8.59. The Morgan fingerprint density at radius 3 is 2.48 bits per heavy atom. The molecule has 0 saturated heterocycles. The fraction of sp³-hybridized carbons (Fsp3) is 0.400. The molecule has 0 N–H and O–H groups in total. The van der Waals surface area contributed by atoms with Gasteiger partial charge in [-0.3, -0.25) is 0 Å². The summed E-state index contributed by atoms with van der Waals surface area (Å²) in [6.45, 7) is 5.71. The Hall–Kier alpha value is -0.680. The lowest BCUT2D eigenvalue weighted by Crippen LogP contribution is -3.00. The van der Waals surface area contributed by atoms with Gasteiger partial charge in [-0.25, -0.2) is 0 Å². The van der Waals surface area contributed by atoms with E-state index in [-0.39, 0.29) is 17.0 Å². The summed E-state index contributed by atoms with van der Waals surface area (Å²) in [5, 5.41) is 0.806. The third-order valence-corrected chi connectivity index (χ3v) is 5.93. The van der Waals surface area contributed by atoms with E-state index < -0.39 is 0 Å². The third-order valence-electron chi connectivity index (χ3n) is 4.56. The molecule has 2 nitrogen and oxygen atoms in total.